The summed E-state index contributed by atoms with van der Waals surface area (Å²) in [5.41, 5.74) is 1.80. The quantitative estimate of drug-likeness (QED) is 0.777. The van der Waals surface area contributed by atoms with Gasteiger partial charge in [-0.15, -0.1) is 0 Å². The van der Waals surface area contributed by atoms with Crippen LogP contribution in [0, 0.1) is 9.39 Å². The summed E-state index contributed by atoms with van der Waals surface area (Å²) in [5, 5.41) is 12.8. The molecule has 2 aromatic rings. The second kappa shape index (κ2) is 5.75. The van der Waals surface area contributed by atoms with Crippen LogP contribution in [0.15, 0.2) is 36.4 Å². The van der Waals surface area contributed by atoms with Gasteiger partial charge in [0.1, 0.15) is 11.6 Å². The number of anilines is 1. The first kappa shape index (κ1) is 13.4. The molecule has 2 nitrogen and oxygen atoms in total. The summed E-state index contributed by atoms with van der Waals surface area (Å²) in [4.78, 5) is 0. The fourth-order valence-electron chi connectivity index (χ4n) is 1.49. The molecule has 0 atom stereocenters. The Morgan fingerprint density at radius 3 is 2.67 bits per heavy atom. The molecule has 0 heterocycles. The van der Waals surface area contributed by atoms with Crippen LogP contribution in [0.3, 0.4) is 0 Å². The fourth-order valence-corrected chi connectivity index (χ4v) is 2.36. The standard InChI is InChI=1S/C13H10ClFINO/c14-10-5-8(1-4-13(10)18)7-17-12-3-2-9(15)6-11(12)16/h1-6,17-18H,7H2. The van der Waals surface area contributed by atoms with Crippen molar-refractivity contribution in [1.29, 1.82) is 0 Å². The second-order valence-corrected chi connectivity index (χ2v) is 5.33. The van der Waals surface area contributed by atoms with Gasteiger partial charge in [0, 0.05) is 15.8 Å². The highest BCUT2D eigenvalue weighted by Crippen LogP contribution is 2.25. The number of aromatic hydroxyl groups is 1. The molecular formula is C13H10ClFINO. The van der Waals surface area contributed by atoms with Gasteiger partial charge in [-0.25, -0.2) is 4.39 Å². The van der Waals surface area contributed by atoms with E-state index >= 15 is 0 Å². The van der Waals surface area contributed by atoms with Gasteiger partial charge in [-0.3, -0.25) is 0 Å². The largest absolute Gasteiger partial charge is 0.506 e. The molecule has 0 aliphatic carbocycles. The van der Waals surface area contributed by atoms with Crippen LogP contribution in [0.25, 0.3) is 0 Å². The van der Waals surface area contributed by atoms with E-state index < -0.39 is 0 Å². The van der Waals surface area contributed by atoms with Crippen molar-refractivity contribution in [2.24, 2.45) is 0 Å². The van der Waals surface area contributed by atoms with E-state index in [0.717, 1.165) is 14.8 Å². The van der Waals surface area contributed by atoms with Gasteiger partial charge in [-0.2, -0.15) is 0 Å². The van der Waals surface area contributed by atoms with Crippen molar-refractivity contribution in [3.63, 3.8) is 0 Å². The van der Waals surface area contributed by atoms with Crippen molar-refractivity contribution in [3.8, 4) is 5.75 Å². The predicted molar refractivity (Wildman–Crippen MR) is 79.6 cm³/mol. The van der Waals surface area contributed by atoms with Crippen LogP contribution in [-0.4, -0.2) is 5.11 Å². The Labute approximate surface area is 123 Å². The van der Waals surface area contributed by atoms with Gasteiger partial charge in [-0.05, 0) is 58.5 Å². The molecule has 0 amide bonds. The van der Waals surface area contributed by atoms with Crippen LogP contribution < -0.4 is 5.32 Å². The number of rotatable bonds is 3. The molecule has 2 rings (SSSR count). The second-order valence-electron chi connectivity index (χ2n) is 3.76. The molecule has 0 fully saturated rings. The lowest BCUT2D eigenvalue weighted by molar-refractivity contribution is 0.475. The highest BCUT2D eigenvalue weighted by atomic mass is 127. The Kier molecular flexibility index (Phi) is 4.29. The lowest BCUT2D eigenvalue weighted by atomic mass is 10.2. The van der Waals surface area contributed by atoms with Crippen LogP contribution in [0.2, 0.25) is 5.02 Å². The van der Waals surface area contributed by atoms with Gasteiger partial charge < -0.3 is 10.4 Å². The first-order valence-electron chi connectivity index (χ1n) is 5.22. The molecule has 5 heteroatoms. The average Bonchev–Trinajstić information content (AvgIpc) is 2.32. The molecule has 0 aliphatic heterocycles. The molecular weight excluding hydrogens is 368 g/mol. The molecule has 0 bridgehead atoms. The summed E-state index contributed by atoms with van der Waals surface area (Å²) >= 11 is 7.89. The number of phenolic OH excluding ortho intramolecular Hbond substituents is 1. The van der Waals surface area contributed by atoms with E-state index in [4.69, 9.17) is 11.6 Å². The minimum Gasteiger partial charge on any atom is -0.506 e. The zero-order chi connectivity index (χ0) is 13.1. The molecule has 18 heavy (non-hydrogen) atoms. The SMILES string of the molecule is Oc1ccc(CNc2ccc(F)cc2I)cc1Cl. The molecule has 2 N–H and O–H groups in total. The topological polar surface area (TPSA) is 32.3 Å². The minimum atomic E-state index is -0.252. The molecule has 2 aromatic carbocycles. The van der Waals surface area contributed by atoms with E-state index in [-0.39, 0.29) is 11.6 Å². The summed E-state index contributed by atoms with van der Waals surface area (Å²) in [6.45, 7) is 0.557. The van der Waals surface area contributed by atoms with E-state index in [1.165, 1.54) is 12.1 Å². The van der Waals surface area contributed by atoms with E-state index in [9.17, 15) is 9.50 Å². The number of hydrogen-bond donors (Lipinski definition) is 2. The molecule has 0 unspecified atom stereocenters. The van der Waals surface area contributed by atoms with Gasteiger partial charge in [-0.1, -0.05) is 17.7 Å². The van der Waals surface area contributed by atoms with Crippen molar-refractivity contribution >= 4 is 39.9 Å². The zero-order valence-corrected chi connectivity index (χ0v) is 12.2. The van der Waals surface area contributed by atoms with Crippen molar-refractivity contribution in [3.05, 3.63) is 56.4 Å². The minimum absolute atomic E-state index is 0.0665. The van der Waals surface area contributed by atoms with Crippen LogP contribution in [0.1, 0.15) is 5.56 Å². The lowest BCUT2D eigenvalue weighted by Gasteiger charge is -2.09. The van der Waals surface area contributed by atoms with Crippen LogP contribution in [-0.2, 0) is 6.54 Å². The number of nitrogens with one attached hydrogen (secondary N) is 1. The number of phenols is 1. The molecule has 0 aliphatic rings. The monoisotopic (exact) mass is 377 g/mol. The maximum absolute atomic E-state index is 12.9. The summed E-state index contributed by atoms with van der Waals surface area (Å²) < 4.78 is 13.7. The van der Waals surface area contributed by atoms with Crippen LogP contribution in [0.4, 0.5) is 10.1 Å². The Bertz CT molecular complexity index is 577. The van der Waals surface area contributed by atoms with Crippen molar-refractivity contribution in [2.45, 2.75) is 6.54 Å². The van der Waals surface area contributed by atoms with E-state index in [1.807, 2.05) is 0 Å². The third-order valence-electron chi connectivity index (χ3n) is 2.43. The van der Waals surface area contributed by atoms with Gasteiger partial charge in [0.05, 0.1) is 5.02 Å². The number of benzene rings is 2. The van der Waals surface area contributed by atoms with Crippen molar-refractivity contribution in [2.75, 3.05) is 5.32 Å². The summed E-state index contributed by atoms with van der Waals surface area (Å²) in [6, 6.07) is 9.60. The molecule has 0 saturated heterocycles. The zero-order valence-electron chi connectivity index (χ0n) is 9.25. The Morgan fingerprint density at radius 1 is 1.22 bits per heavy atom. The molecule has 0 aromatic heterocycles. The summed E-state index contributed by atoms with van der Waals surface area (Å²) in [6.07, 6.45) is 0. The van der Waals surface area contributed by atoms with Gasteiger partial charge >= 0.3 is 0 Å². The van der Waals surface area contributed by atoms with Gasteiger partial charge in [0.25, 0.3) is 0 Å². The van der Waals surface area contributed by atoms with E-state index in [2.05, 4.69) is 27.9 Å². The van der Waals surface area contributed by atoms with Gasteiger partial charge in [0.15, 0.2) is 0 Å². The van der Waals surface area contributed by atoms with Crippen LogP contribution in [0.5, 0.6) is 5.75 Å². The van der Waals surface area contributed by atoms with Crippen LogP contribution >= 0.6 is 34.2 Å². The Morgan fingerprint density at radius 2 is 2.00 bits per heavy atom. The third-order valence-corrected chi connectivity index (χ3v) is 3.62. The normalized spacial score (nSPS) is 10.4. The maximum atomic E-state index is 12.9. The van der Waals surface area contributed by atoms with Gasteiger partial charge in [0.2, 0.25) is 0 Å². The third kappa shape index (κ3) is 3.26. The lowest BCUT2D eigenvalue weighted by Crippen LogP contribution is -2.01. The van der Waals surface area contributed by atoms with E-state index in [1.54, 1.807) is 24.3 Å². The summed E-state index contributed by atoms with van der Waals surface area (Å²) in [7, 11) is 0. The fraction of sp³-hybridized carbons (Fsp3) is 0.0769. The first-order chi connectivity index (χ1) is 8.56. The molecule has 94 valence electrons. The molecule has 0 spiro atoms. The predicted octanol–water partition coefficient (Wildman–Crippen LogP) is 4.40. The maximum Gasteiger partial charge on any atom is 0.134 e. The number of hydrogen-bond acceptors (Lipinski definition) is 2. The van der Waals surface area contributed by atoms with Crippen molar-refractivity contribution in [1.82, 2.24) is 0 Å². The molecule has 0 radical (unpaired) electrons. The first-order valence-corrected chi connectivity index (χ1v) is 6.68. The smallest absolute Gasteiger partial charge is 0.134 e. The molecule has 0 saturated carbocycles. The Balaban J connectivity index is 2.09. The van der Waals surface area contributed by atoms with E-state index in [0.29, 0.717) is 11.6 Å². The highest BCUT2D eigenvalue weighted by molar-refractivity contribution is 14.1. The Hall–Kier alpha value is -1.01. The highest BCUT2D eigenvalue weighted by Gasteiger charge is 2.03. The van der Waals surface area contributed by atoms with Crippen molar-refractivity contribution < 1.29 is 9.50 Å². The number of halogens is 3. The summed E-state index contributed by atoms with van der Waals surface area (Å²) in [5.74, 6) is -0.186. The average molecular weight is 378 g/mol.